The SMILES string of the molecule is Nc1ncccc1-c1cc(Cc2ccc(CC3=CCOC3)cc2)no1. The van der Waals surface area contributed by atoms with Crippen LogP contribution in [0.25, 0.3) is 11.3 Å². The van der Waals surface area contributed by atoms with Crippen molar-refractivity contribution in [2.24, 2.45) is 0 Å². The van der Waals surface area contributed by atoms with E-state index in [1.54, 1.807) is 6.20 Å². The van der Waals surface area contributed by atoms with Crippen LogP contribution in [0, 0.1) is 0 Å². The van der Waals surface area contributed by atoms with Crippen LogP contribution in [0.2, 0.25) is 0 Å². The molecule has 0 fully saturated rings. The molecule has 25 heavy (non-hydrogen) atoms. The molecule has 0 spiro atoms. The molecule has 0 radical (unpaired) electrons. The zero-order valence-corrected chi connectivity index (χ0v) is 13.8. The van der Waals surface area contributed by atoms with E-state index in [-0.39, 0.29) is 0 Å². The Hall–Kier alpha value is -2.92. The molecule has 0 saturated heterocycles. The molecular weight excluding hydrogens is 314 g/mol. The van der Waals surface area contributed by atoms with Crippen molar-refractivity contribution in [2.45, 2.75) is 12.8 Å². The third kappa shape index (κ3) is 3.61. The van der Waals surface area contributed by atoms with Crippen LogP contribution >= 0.6 is 0 Å². The van der Waals surface area contributed by atoms with Gasteiger partial charge in [-0.3, -0.25) is 0 Å². The Bertz CT molecular complexity index is 897. The van der Waals surface area contributed by atoms with Crippen LogP contribution in [0.3, 0.4) is 0 Å². The second kappa shape index (κ2) is 6.91. The number of hydrogen-bond acceptors (Lipinski definition) is 5. The topological polar surface area (TPSA) is 74.2 Å². The molecular formula is C20H19N3O2. The largest absolute Gasteiger partial charge is 0.383 e. The Balaban J connectivity index is 1.45. The number of nitrogens with zero attached hydrogens (tertiary/aromatic N) is 2. The lowest BCUT2D eigenvalue weighted by atomic mass is 10.0. The zero-order valence-electron chi connectivity index (χ0n) is 13.8. The molecule has 2 aromatic heterocycles. The van der Waals surface area contributed by atoms with Gasteiger partial charge in [0.05, 0.1) is 24.5 Å². The lowest BCUT2D eigenvalue weighted by molar-refractivity contribution is 0.207. The minimum Gasteiger partial charge on any atom is -0.383 e. The number of hydrogen-bond donors (Lipinski definition) is 1. The molecule has 3 heterocycles. The van der Waals surface area contributed by atoms with E-state index in [1.165, 1.54) is 16.7 Å². The fraction of sp³-hybridized carbons (Fsp3) is 0.200. The Morgan fingerprint density at radius 3 is 2.56 bits per heavy atom. The molecule has 2 N–H and O–H groups in total. The molecule has 1 aliphatic rings. The molecule has 0 aliphatic carbocycles. The monoisotopic (exact) mass is 333 g/mol. The Morgan fingerprint density at radius 2 is 1.84 bits per heavy atom. The van der Waals surface area contributed by atoms with Crippen LogP contribution in [-0.4, -0.2) is 23.4 Å². The summed E-state index contributed by atoms with van der Waals surface area (Å²) in [5, 5.41) is 4.15. The van der Waals surface area contributed by atoms with Crippen molar-refractivity contribution in [1.82, 2.24) is 10.1 Å². The predicted molar refractivity (Wildman–Crippen MR) is 96.0 cm³/mol. The number of ether oxygens (including phenoxy) is 1. The molecule has 1 aliphatic heterocycles. The van der Waals surface area contributed by atoms with Gasteiger partial charge in [-0.05, 0) is 35.3 Å². The summed E-state index contributed by atoms with van der Waals surface area (Å²) >= 11 is 0. The van der Waals surface area contributed by atoms with Crippen molar-refractivity contribution in [1.29, 1.82) is 0 Å². The van der Waals surface area contributed by atoms with Crippen molar-refractivity contribution in [3.63, 3.8) is 0 Å². The fourth-order valence-corrected chi connectivity index (χ4v) is 2.94. The average molecular weight is 333 g/mol. The van der Waals surface area contributed by atoms with Gasteiger partial charge in [-0.15, -0.1) is 0 Å². The molecule has 1 aromatic carbocycles. The maximum absolute atomic E-state index is 5.89. The second-order valence-corrected chi connectivity index (χ2v) is 6.17. The summed E-state index contributed by atoms with van der Waals surface area (Å²) in [6.45, 7) is 1.49. The first-order chi connectivity index (χ1) is 12.3. The van der Waals surface area contributed by atoms with Gasteiger partial charge in [-0.1, -0.05) is 35.5 Å². The van der Waals surface area contributed by atoms with Crippen molar-refractivity contribution in [3.8, 4) is 11.3 Å². The van der Waals surface area contributed by atoms with Crippen LogP contribution in [0.1, 0.15) is 16.8 Å². The molecule has 5 nitrogen and oxygen atoms in total. The van der Waals surface area contributed by atoms with Gasteiger partial charge in [0.25, 0.3) is 0 Å². The number of anilines is 1. The van der Waals surface area contributed by atoms with E-state index in [0.717, 1.165) is 37.3 Å². The normalized spacial score (nSPS) is 13.8. The first-order valence-corrected chi connectivity index (χ1v) is 8.28. The van der Waals surface area contributed by atoms with Crippen LogP contribution in [0.5, 0.6) is 0 Å². The molecule has 0 atom stereocenters. The number of aromatic nitrogens is 2. The summed E-state index contributed by atoms with van der Waals surface area (Å²) in [5.41, 5.74) is 11.4. The van der Waals surface area contributed by atoms with E-state index in [1.807, 2.05) is 18.2 Å². The molecule has 4 rings (SSSR count). The maximum Gasteiger partial charge on any atom is 0.170 e. The summed E-state index contributed by atoms with van der Waals surface area (Å²) in [7, 11) is 0. The maximum atomic E-state index is 5.89. The van der Waals surface area contributed by atoms with Gasteiger partial charge in [0, 0.05) is 18.7 Å². The Morgan fingerprint density at radius 1 is 1.04 bits per heavy atom. The molecule has 0 bridgehead atoms. The molecule has 5 heteroatoms. The predicted octanol–water partition coefficient (Wildman–Crippen LogP) is 3.41. The average Bonchev–Trinajstić information content (AvgIpc) is 3.29. The summed E-state index contributed by atoms with van der Waals surface area (Å²) in [4.78, 5) is 4.08. The quantitative estimate of drug-likeness (QED) is 0.724. The highest BCUT2D eigenvalue weighted by Crippen LogP contribution is 2.25. The number of nitrogen functional groups attached to an aromatic ring is 1. The van der Waals surface area contributed by atoms with E-state index in [4.69, 9.17) is 15.0 Å². The second-order valence-electron chi connectivity index (χ2n) is 6.17. The van der Waals surface area contributed by atoms with Crippen molar-refractivity contribution >= 4 is 5.82 Å². The summed E-state index contributed by atoms with van der Waals surface area (Å²) in [6.07, 6.45) is 5.49. The zero-order chi connectivity index (χ0) is 17.1. The molecule has 0 amide bonds. The smallest absolute Gasteiger partial charge is 0.170 e. The van der Waals surface area contributed by atoms with Crippen molar-refractivity contribution in [3.05, 3.63) is 77.1 Å². The summed E-state index contributed by atoms with van der Waals surface area (Å²) in [6, 6.07) is 14.2. The number of pyridine rings is 1. The van der Waals surface area contributed by atoms with Gasteiger partial charge in [-0.25, -0.2) is 4.98 Å². The third-order valence-corrected chi connectivity index (χ3v) is 4.28. The summed E-state index contributed by atoms with van der Waals surface area (Å²) < 4.78 is 10.8. The Labute approximate surface area is 146 Å². The van der Waals surface area contributed by atoms with Gasteiger partial charge in [0.1, 0.15) is 5.82 Å². The molecule has 0 unspecified atom stereocenters. The first kappa shape index (κ1) is 15.6. The van der Waals surface area contributed by atoms with E-state index in [2.05, 4.69) is 40.5 Å². The molecule has 126 valence electrons. The minimum atomic E-state index is 0.444. The van der Waals surface area contributed by atoms with Crippen LogP contribution in [-0.2, 0) is 17.6 Å². The van der Waals surface area contributed by atoms with Gasteiger partial charge in [0.15, 0.2) is 5.76 Å². The van der Waals surface area contributed by atoms with Crippen molar-refractivity contribution < 1.29 is 9.26 Å². The number of rotatable bonds is 5. The van der Waals surface area contributed by atoms with E-state index in [9.17, 15) is 0 Å². The highest BCUT2D eigenvalue weighted by molar-refractivity contribution is 5.69. The van der Waals surface area contributed by atoms with Gasteiger partial charge in [0.2, 0.25) is 0 Å². The standard InChI is InChI=1S/C20H19N3O2/c21-20-18(2-1-8-22-20)19-12-17(23-25-19)11-15-5-3-14(4-6-15)10-16-7-9-24-13-16/h1-8,12H,9-11,13H2,(H2,21,22). The Kier molecular flexibility index (Phi) is 4.31. The van der Waals surface area contributed by atoms with Crippen LogP contribution in [0.4, 0.5) is 5.82 Å². The number of benzene rings is 1. The van der Waals surface area contributed by atoms with Crippen LogP contribution < -0.4 is 5.73 Å². The van der Waals surface area contributed by atoms with Gasteiger partial charge >= 0.3 is 0 Å². The molecule has 0 saturated carbocycles. The van der Waals surface area contributed by atoms with Crippen molar-refractivity contribution in [2.75, 3.05) is 18.9 Å². The molecule has 3 aromatic rings. The van der Waals surface area contributed by atoms with Gasteiger partial charge < -0.3 is 15.0 Å². The number of nitrogens with two attached hydrogens (primary N) is 1. The lowest BCUT2D eigenvalue weighted by Gasteiger charge is -2.03. The van der Waals surface area contributed by atoms with E-state index < -0.39 is 0 Å². The lowest BCUT2D eigenvalue weighted by Crippen LogP contribution is -1.94. The van der Waals surface area contributed by atoms with E-state index >= 15 is 0 Å². The fourth-order valence-electron chi connectivity index (χ4n) is 2.94. The highest BCUT2D eigenvalue weighted by atomic mass is 16.5. The highest BCUT2D eigenvalue weighted by Gasteiger charge is 2.11. The van der Waals surface area contributed by atoms with Crippen LogP contribution in [0.15, 0.2) is 64.8 Å². The first-order valence-electron chi connectivity index (χ1n) is 8.28. The van der Waals surface area contributed by atoms with E-state index in [0.29, 0.717) is 11.6 Å². The summed E-state index contributed by atoms with van der Waals surface area (Å²) in [5.74, 6) is 1.09. The third-order valence-electron chi connectivity index (χ3n) is 4.28. The minimum absolute atomic E-state index is 0.444. The van der Waals surface area contributed by atoms with Gasteiger partial charge in [-0.2, -0.15) is 0 Å².